The van der Waals surface area contributed by atoms with Gasteiger partial charge in [-0.2, -0.15) is 8.42 Å². The summed E-state index contributed by atoms with van der Waals surface area (Å²) in [5, 5.41) is 0.562. The van der Waals surface area contributed by atoms with Gasteiger partial charge in [0.15, 0.2) is 0 Å². The first kappa shape index (κ1) is 18.1. The summed E-state index contributed by atoms with van der Waals surface area (Å²) in [6.07, 6.45) is 8.93. The van der Waals surface area contributed by atoms with Crippen LogP contribution in [-0.2, 0) is 10.1 Å². The molecule has 0 heterocycles. The molecule has 1 aliphatic rings. The fourth-order valence-corrected chi connectivity index (χ4v) is 5.06. The Kier molecular flexibility index (Phi) is 6.70. The molecular weight excluding hydrogens is 312 g/mol. The Morgan fingerprint density at radius 2 is 2.10 bits per heavy atom. The minimum absolute atomic E-state index is 0.0385. The Bertz CT molecular complexity index is 490. The average Bonchev–Trinajstić information content (AvgIpc) is 2.26. The average molecular weight is 337 g/mol. The maximum atomic E-state index is 11.4. The van der Waals surface area contributed by atoms with Gasteiger partial charge in [-0.3, -0.25) is 4.55 Å². The number of hydrogen-bond acceptors (Lipinski definition) is 4. The fourth-order valence-electron chi connectivity index (χ4n) is 2.41. The van der Waals surface area contributed by atoms with Gasteiger partial charge in [-0.15, -0.1) is 0 Å². The Labute approximate surface area is 130 Å². The van der Waals surface area contributed by atoms with Crippen molar-refractivity contribution in [3.63, 3.8) is 0 Å². The van der Waals surface area contributed by atoms with Crippen LogP contribution in [0, 0.1) is 5.41 Å². The van der Waals surface area contributed by atoms with Crippen molar-refractivity contribution in [1.82, 2.24) is 0 Å². The van der Waals surface area contributed by atoms with Gasteiger partial charge in [0.25, 0.3) is 10.1 Å². The van der Waals surface area contributed by atoms with Crippen LogP contribution in [0.2, 0.25) is 0 Å². The molecule has 0 radical (unpaired) electrons. The minimum Gasteiger partial charge on any atom is -0.282 e. The van der Waals surface area contributed by atoms with Gasteiger partial charge in [0, 0.05) is 5.25 Å². The van der Waals surface area contributed by atoms with E-state index < -0.39 is 10.1 Å². The van der Waals surface area contributed by atoms with E-state index in [1.165, 1.54) is 0 Å². The van der Waals surface area contributed by atoms with Crippen molar-refractivity contribution in [1.29, 1.82) is 0 Å². The predicted molar refractivity (Wildman–Crippen MR) is 90.5 cm³/mol. The molecule has 0 spiro atoms. The topological polar surface area (TPSA) is 54.4 Å². The van der Waals surface area contributed by atoms with Crippen LogP contribution in [0.1, 0.15) is 46.5 Å². The Balaban J connectivity index is 2.76. The van der Waals surface area contributed by atoms with Gasteiger partial charge in [-0.05, 0) is 49.0 Å². The normalized spacial score (nSPS) is 20.2. The van der Waals surface area contributed by atoms with E-state index in [9.17, 15) is 13.0 Å². The van der Waals surface area contributed by atoms with Gasteiger partial charge in [-0.1, -0.05) is 48.4 Å². The van der Waals surface area contributed by atoms with Gasteiger partial charge < -0.3 is 0 Å². The summed E-state index contributed by atoms with van der Waals surface area (Å²) in [6, 6.07) is 0. The Morgan fingerprint density at radius 1 is 1.45 bits per heavy atom. The maximum absolute atomic E-state index is 11.4. The summed E-state index contributed by atoms with van der Waals surface area (Å²) in [6.45, 7) is 6.34. The van der Waals surface area contributed by atoms with E-state index in [2.05, 4.69) is 27.0 Å². The second kappa shape index (κ2) is 7.38. The molecule has 0 saturated carbocycles. The summed E-state index contributed by atoms with van der Waals surface area (Å²) < 4.78 is 32.2. The Hall–Kier alpha value is 0.0900. The molecule has 0 bridgehead atoms. The lowest BCUT2D eigenvalue weighted by Crippen LogP contribution is -2.17. The zero-order valence-electron chi connectivity index (χ0n) is 12.5. The number of allylic oxidation sites excluding steroid dienone is 3. The summed E-state index contributed by atoms with van der Waals surface area (Å²) in [4.78, 5) is 0.113. The van der Waals surface area contributed by atoms with Crippen LogP contribution < -0.4 is 0 Å². The molecule has 0 aromatic rings. The first-order chi connectivity index (χ1) is 9.15. The highest BCUT2D eigenvalue weighted by molar-refractivity contribution is 8.76. The van der Waals surface area contributed by atoms with Crippen molar-refractivity contribution in [2.24, 2.45) is 5.41 Å². The molecule has 116 valence electrons. The molecule has 0 aliphatic heterocycles. The minimum atomic E-state index is -4.10. The highest BCUT2D eigenvalue weighted by Crippen LogP contribution is 2.37. The van der Waals surface area contributed by atoms with E-state index >= 15 is 0 Å². The first-order valence-electron chi connectivity index (χ1n) is 6.74. The van der Waals surface area contributed by atoms with Crippen molar-refractivity contribution < 1.29 is 13.0 Å². The zero-order chi connectivity index (χ0) is 15.4. The third kappa shape index (κ3) is 5.84. The summed E-state index contributed by atoms with van der Waals surface area (Å²) >= 11 is 0. The van der Waals surface area contributed by atoms with Gasteiger partial charge in [0.1, 0.15) is 0 Å². The third-order valence-corrected chi connectivity index (χ3v) is 6.63. The highest BCUT2D eigenvalue weighted by atomic mass is 33.1. The van der Waals surface area contributed by atoms with Crippen molar-refractivity contribution in [2.75, 3.05) is 6.26 Å². The zero-order valence-corrected chi connectivity index (χ0v) is 15.0. The molecule has 1 atom stereocenters. The highest BCUT2D eigenvalue weighted by Gasteiger charge is 2.27. The van der Waals surface area contributed by atoms with E-state index in [4.69, 9.17) is 0 Å². The lowest BCUT2D eigenvalue weighted by molar-refractivity contribution is 0.452. The molecule has 20 heavy (non-hydrogen) atoms. The summed E-state index contributed by atoms with van der Waals surface area (Å²) in [5.41, 5.74) is 0.824. The van der Waals surface area contributed by atoms with E-state index in [0.29, 0.717) is 11.7 Å². The Morgan fingerprint density at radius 3 is 2.65 bits per heavy atom. The van der Waals surface area contributed by atoms with Crippen LogP contribution >= 0.6 is 21.6 Å². The monoisotopic (exact) mass is 336 g/mol. The van der Waals surface area contributed by atoms with Gasteiger partial charge in [-0.25, -0.2) is 0 Å². The van der Waals surface area contributed by atoms with Crippen LogP contribution in [0.4, 0.5) is 0 Å². The molecule has 1 N–H and O–H groups in total. The molecule has 1 rings (SSSR count). The predicted octanol–water partition coefficient (Wildman–Crippen LogP) is 4.68. The molecule has 0 fully saturated rings. The summed E-state index contributed by atoms with van der Waals surface area (Å²) in [7, 11) is -0.502. The van der Waals surface area contributed by atoms with Crippen molar-refractivity contribution in [3.8, 4) is 0 Å². The number of hydrogen-bond donors (Lipinski definition) is 1. The second-order valence-corrected chi connectivity index (χ2v) is 10.2. The first-order valence-corrected chi connectivity index (χ1v) is 10.8. The third-order valence-electron chi connectivity index (χ3n) is 3.33. The van der Waals surface area contributed by atoms with Gasteiger partial charge in [0.2, 0.25) is 0 Å². The van der Waals surface area contributed by atoms with Crippen molar-refractivity contribution in [3.05, 3.63) is 22.6 Å². The van der Waals surface area contributed by atoms with E-state index in [-0.39, 0.29) is 10.3 Å². The van der Waals surface area contributed by atoms with Crippen molar-refractivity contribution >= 4 is 31.7 Å². The fraction of sp³-hybridized carbons (Fsp3) is 0.714. The van der Waals surface area contributed by atoms with Crippen LogP contribution in [-0.4, -0.2) is 24.5 Å². The van der Waals surface area contributed by atoms with Crippen LogP contribution in [0.15, 0.2) is 22.6 Å². The largest absolute Gasteiger partial charge is 0.294 e. The van der Waals surface area contributed by atoms with E-state index in [1.807, 2.05) is 16.9 Å². The molecule has 0 saturated heterocycles. The molecule has 1 unspecified atom stereocenters. The lowest BCUT2D eigenvalue weighted by Gasteiger charge is -2.27. The van der Waals surface area contributed by atoms with Crippen LogP contribution in [0.25, 0.3) is 0 Å². The molecular formula is C14H24O3S3. The molecule has 3 nitrogen and oxygen atoms in total. The van der Waals surface area contributed by atoms with Crippen LogP contribution in [0.3, 0.4) is 0 Å². The van der Waals surface area contributed by atoms with Gasteiger partial charge >= 0.3 is 0 Å². The standard InChI is InChI=1S/C14H24O3S3/c1-11(19-18-4)6-5-7-12-10-14(2,3)9-8-13(12)20(15,16)17/h8-9,11H,5-7,10H2,1-4H3,(H,15,16,17). The lowest BCUT2D eigenvalue weighted by atomic mass is 9.80. The molecule has 0 amide bonds. The molecule has 1 aliphatic carbocycles. The van der Waals surface area contributed by atoms with E-state index in [0.717, 1.165) is 24.8 Å². The van der Waals surface area contributed by atoms with Crippen molar-refractivity contribution in [2.45, 2.75) is 51.7 Å². The SMILES string of the molecule is CSSC(C)CCCC1=C(S(=O)(=O)O)C=CC(C)(C)C1. The number of rotatable bonds is 7. The van der Waals surface area contributed by atoms with E-state index in [1.54, 1.807) is 16.9 Å². The smallest absolute Gasteiger partial charge is 0.282 e. The molecule has 0 aromatic heterocycles. The maximum Gasteiger partial charge on any atom is 0.294 e. The second-order valence-electron chi connectivity index (χ2n) is 5.91. The van der Waals surface area contributed by atoms with Crippen LogP contribution in [0.5, 0.6) is 0 Å². The van der Waals surface area contributed by atoms with Gasteiger partial charge in [0.05, 0.1) is 4.91 Å². The molecule has 0 aromatic carbocycles. The quantitative estimate of drug-likeness (QED) is 0.540. The summed E-state index contributed by atoms with van der Waals surface area (Å²) in [5.74, 6) is 0. The molecule has 6 heteroatoms.